The molecule has 0 spiro atoms. The van der Waals surface area contributed by atoms with Crippen molar-refractivity contribution in [1.82, 2.24) is 4.57 Å². The average molecular weight is 257 g/mol. The Morgan fingerprint density at radius 1 is 1.00 bits per heavy atom. The Hall–Kier alpha value is -1.74. The monoisotopic (exact) mass is 257 g/mol. The number of benzene rings is 2. The highest BCUT2D eigenvalue weighted by Gasteiger charge is 2.07. The quantitative estimate of drug-likeness (QED) is 0.655. The summed E-state index contributed by atoms with van der Waals surface area (Å²) in [5.74, 6) is -0.197. The minimum Gasteiger partial charge on any atom is -0.349 e. The maximum absolute atomic E-state index is 12.9. The summed E-state index contributed by atoms with van der Waals surface area (Å²) in [6.45, 7) is 0. The Bertz CT molecular complexity index is 685. The van der Waals surface area contributed by atoms with Crippen LogP contribution >= 0.6 is 11.8 Å². The third-order valence-corrected chi connectivity index (χ3v) is 3.95. The molecule has 90 valence electrons. The third kappa shape index (κ3) is 2.02. The maximum Gasteiger partial charge on any atom is 0.123 e. The molecule has 0 saturated carbocycles. The Morgan fingerprint density at radius 3 is 2.50 bits per heavy atom. The SMILES string of the molecule is Cn1cc(Sc2ccc(F)cc2)c2ccccc21. The zero-order valence-electron chi connectivity index (χ0n) is 9.93. The highest BCUT2D eigenvalue weighted by atomic mass is 32.2. The van der Waals surface area contributed by atoms with Gasteiger partial charge in [-0.05, 0) is 30.3 Å². The van der Waals surface area contributed by atoms with Crippen LogP contribution in [-0.2, 0) is 7.05 Å². The fraction of sp³-hybridized carbons (Fsp3) is 0.0667. The zero-order chi connectivity index (χ0) is 12.5. The third-order valence-electron chi connectivity index (χ3n) is 2.90. The van der Waals surface area contributed by atoms with E-state index >= 15 is 0 Å². The molecule has 1 aromatic heterocycles. The van der Waals surface area contributed by atoms with E-state index in [1.165, 1.54) is 27.9 Å². The number of nitrogens with zero attached hydrogens (tertiary/aromatic N) is 1. The normalized spacial score (nSPS) is 11.0. The summed E-state index contributed by atoms with van der Waals surface area (Å²) in [5.41, 5.74) is 1.21. The van der Waals surface area contributed by atoms with Gasteiger partial charge in [0.2, 0.25) is 0 Å². The Balaban J connectivity index is 2.02. The van der Waals surface area contributed by atoms with E-state index in [-0.39, 0.29) is 5.82 Å². The van der Waals surface area contributed by atoms with E-state index in [2.05, 4.69) is 22.9 Å². The van der Waals surface area contributed by atoms with Crippen molar-refractivity contribution in [3.8, 4) is 0 Å². The minimum absolute atomic E-state index is 0.197. The second-order valence-electron chi connectivity index (χ2n) is 4.18. The molecule has 0 radical (unpaired) electrons. The van der Waals surface area contributed by atoms with Crippen LogP contribution in [0.4, 0.5) is 4.39 Å². The van der Waals surface area contributed by atoms with Crippen LogP contribution in [0.25, 0.3) is 10.9 Å². The van der Waals surface area contributed by atoms with Gasteiger partial charge in [-0.25, -0.2) is 4.39 Å². The molecule has 0 fully saturated rings. The minimum atomic E-state index is -0.197. The van der Waals surface area contributed by atoms with Gasteiger partial charge < -0.3 is 4.57 Å². The Kier molecular flexibility index (Phi) is 2.84. The highest BCUT2D eigenvalue weighted by molar-refractivity contribution is 7.99. The van der Waals surface area contributed by atoms with Gasteiger partial charge in [0.05, 0.1) is 0 Å². The van der Waals surface area contributed by atoms with Gasteiger partial charge >= 0.3 is 0 Å². The van der Waals surface area contributed by atoms with E-state index in [1.54, 1.807) is 11.8 Å². The van der Waals surface area contributed by atoms with Gasteiger partial charge in [0, 0.05) is 33.9 Å². The molecule has 1 heterocycles. The molecule has 1 nitrogen and oxygen atoms in total. The molecule has 0 atom stereocenters. The summed E-state index contributed by atoms with van der Waals surface area (Å²) < 4.78 is 15.0. The largest absolute Gasteiger partial charge is 0.349 e. The Morgan fingerprint density at radius 2 is 1.72 bits per heavy atom. The summed E-state index contributed by atoms with van der Waals surface area (Å²) in [6.07, 6.45) is 2.11. The van der Waals surface area contributed by atoms with Crippen LogP contribution < -0.4 is 0 Å². The van der Waals surface area contributed by atoms with Crippen LogP contribution in [0.1, 0.15) is 0 Å². The van der Waals surface area contributed by atoms with Gasteiger partial charge in [-0.1, -0.05) is 30.0 Å². The first-order chi connectivity index (χ1) is 8.74. The molecule has 2 aromatic carbocycles. The van der Waals surface area contributed by atoms with E-state index in [9.17, 15) is 4.39 Å². The maximum atomic E-state index is 12.9. The number of para-hydroxylation sites is 1. The lowest BCUT2D eigenvalue weighted by molar-refractivity contribution is 0.626. The molecular formula is C15H12FNS. The number of hydrogen-bond donors (Lipinski definition) is 0. The highest BCUT2D eigenvalue weighted by Crippen LogP contribution is 2.34. The van der Waals surface area contributed by atoms with Crippen molar-refractivity contribution in [1.29, 1.82) is 0 Å². The molecule has 3 aromatic rings. The predicted octanol–water partition coefficient (Wildman–Crippen LogP) is 4.47. The zero-order valence-corrected chi connectivity index (χ0v) is 10.7. The smallest absolute Gasteiger partial charge is 0.123 e. The van der Waals surface area contributed by atoms with Gasteiger partial charge in [0.1, 0.15) is 5.82 Å². The van der Waals surface area contributed by atoms with Crippen molar-refractivity contribution >= 4 is 22.7 Å². The van der Waals surface area contributed by atoms with Crippen LogP contribution in [-0.4, -0.2) is 4.57 Å². The second kappa shape index (κ2) is 4.50. The lowest BCUT2D eigenvalue weighted by Gasteiger charge is -1.99. The molecule has 18 heavy (non-hydrogen) atoms. The first-order valence-electron chi connectivity index (χ1n) is 5.71. The predicted molar refractivity (Wildman–Crippen MR) is 73.4 cm³/mol. The van der Waals surface area contributed by atoms with E-state index in [1.807, 2.05) is 31.3 Å². The van der Waals surface area contributed by atoms with Crippen molar-refractivity contribution in [2.45, 2.75) is 9.79 Å². The molecular weight excluding hydrogens is 245 g/mol. The first-order valence-corrected chi connectivity index (χ1v) is 6.53. The van der Waals surface area contributed by atoms with Crippen LogP contribution in [0.15, 0.2) is 64.5 Å². The van der Waals surface area contributed by atoms with Crippen LogP contribution in [0, 0.1) is 5.82 Å². The molecule has 0 aliphatic carbocycles. The molecule has 0 saturated heterocycles. The molecule has 0 aliphatic heterocycles. The summed E-state index contributed by atoms with van der Waals surface area (Å²) in [7, 11) is 2.04. The number of fused-ring (bicyclic) bond motifs is 1. The molecule has 3 heteroatoms. The second-order valence-corrected chi connectivity index (χ2v) is 5.29. The van der Waals surface area contributed by atoms with Gasteiger partial charge in [-0.15, -0.1) is 0 Å². The molecule has 3 rings (SSSR count). The number of aromatic nitrogens is 1. The summed E-state index contributed by atoms with van der Waals surface area (Å²) in [5, 5.41) is 1.23. The van der Waals surface area contributed by atoms with Gasteiger partial charge in [0.25, 0.3) is 0 Å². The van der Waals surface area contributed by atoms with E-state index in [0.29, 0.717) is 0 Å². The van der Waals surface area contributed by atoms with Crippen molar-refractivity contribution in [2.24, 2.45) is 7.05 Å². The number of aryl methyl sites for hydroxylation is 1. The molecule has 0 bridgehead atoms. The number of halogens is 1. The Labute approximate surface area is 109 Å². The van der Waals surface area contributed by atoms with Gasteiger partial charge in [-0.3, -0.25) is 0 Å². The summed E-state index contributed by atoms with van der Waals surface area (Å²) in [4.78, 5) is 2.24. The molecule has 0 N–H and O–H groups in total. The van der Waals surface area contributed by atoms with Crippen molar-refractivity contribution < 1.29 is 4.39 Å². The standard InChI is InChI=1S/C15H12FNS/c1-17-10-15(13-4-2-3-5-14(13)17)18-12-8-6-11(16)7-9-12/h2-10H,1H3. The van der Waals surface area contributed by atoms with Crippen LogP contribution in [0.5, 0.6) is 0 Å². The average Bonchev–Trinajstić information content (AvgIpc) is 2.70. The van der Waals surface area contributed by atoms with E-state index in [0.717, 1.165) is 4.90 Å². The summed E-state index contributed by atoms with van der Waals surface area (Å²) in [6, 6.07) is 14.9. The summed E-state index contributed by atoms with van der Waals surface area (Å²) >= 11 is 1.66. The fourth-order valence-electron chi connectivity index (χ4n) is 2.02. The van der Waals surface area contributed by atoms with E-state index < -0.39 is 0 Å². The lowest BCUT2D eigenvalue weighted by atomic mass is 10.2. The van der Waals surface area contributed by atoms with Crippen LogP contribution in [0.2, 0.25) is 0 Å². The molecule has 0 aliphatic rings. The van der Waals surface area contributed by atoms with Crippen LogP contribution in [0.3, 0.4) is 0 Å². The van der Waals surface area contributed by atoms with E-state index in [4.69, 9.17) is 0 Å². The van der Waals surface area contributed by atoms with Gasteiger partial charge in [0.15, 0.2) is 0 Å². The van der Waals surface area contributed by atoms with Crippen molar-refractivity contribution in [2.75, 3.05) is 0 Å². The molecule has 0 amide bonds. The number of rotatable bonds is 2. The lowest BCUT2D eigenvalue weighted by Crippen LogP contribution is -1.81. The molecule has 0 unspecified atom stereocenters. The number of hydrogen-bond acceptors (Lipinski definition) is 1. The topological polar surface area (TPSA) is 4.93 Å². The van der Waals surface area contributed by atoms with Crippen molar-refractivity contribution in [3.63, 3.8) is 0 Å². The van der Waals surface area contributed by atoms with Gasteiger partial charge in [-0.2, -0.15) is 0 Å². The van der Waals surface area contributed by atoms with Crippen molar-refractivity contribution in [3.05, 3.63) is 60.5 Å². The first kappa shape index (κ1) is 11.4. The fourth-order valence-corrected chi connectivity index (χ4v) is 3.03.